The minimum absolute atomic E-state index is 0.0249. The molecule has 3 rings (SSSR count). The first-order valence-electron chi connectivity index (χ1n) is 5.43. The minimum atomic E-state index is 0.0249. The fraction of sp³-hybridized carbons (Fsp3) is 0.500. The van der Waals surface area contributed by atoms with E-state index < -0.39 is 0 Å². The fourth-order valence-corrected chi connectivity index (χ4v) is 2.73. The van der Waals surface area contributed by atoms with Gasteiger partial charge in [-0.05, 0) is 31.4 Å². The summed E-state index contributed by atoms with van der Waals surface area (Å²) in [5.41, 5.74) is 7.28. The van der Waals surface area contributed by atoms with Crippen LogP contribution in [0.4, 0.5) is 0 Å². The lowest BCUT2D eigenvalue weighted by molar-refractivity contribution is -0.0329. The van der Waals surface area contributed by atoms with Crippen LogP contribution in [-0.4, -0.2) is 5.60 Å². The van der Waals surface area contributed by atoms with E-state index in [4.69, 9.17) is 22.1 Å². The third-order valence-electron chi connectivity index (χ3n) is 3.56. The largest absolute Gasteiger partial charge is 0.487 e. The summed E-state index contributed by atoms with van der Waals surface area (Å²) in [6, 6.07) is 5.85. The highest BCUT2D eigenvalue weighted by molar-refractivity contribution is 6.30. The molecule has 0 bridgehead atoms. The number of nitrogens with two attached hydrogens (primary N) is 1. The quantitative estimate of drug-likeness (QED) is 0.734. The molecule has 1 aromatic carbocycles. The van der Waals surface area contributed by atoms with Crippen molar-refractivity contribution < 1.29 is 4.74 Å². The Hall–Kier alpha value is -0.730. The van der Waals surface area contributed by atoms with E-state index in [9.17, 15) is 0 Å². The van der Waals surface area contributed by atoms with Crippen LogP contribution in [0, 0.1) is 0 Å². The second-order valence-corrected chi connectivity index (χ2v) is 5.07. The van der Waals surface area contributed by atoms with Crippen LogP contribution in [0.15, 0.2) is 18.2 Å². The van der Waals surface area contributed by atoms with Crippen LogP contribution in [0.3, 0.4) is 0 Å². The zero-order valence-electron chi connectivity index (χ0n) is 8.50. The molecule has 1 heterocycles. The summed E-state index contributed by atoms with van der Waals surface area (Å²) in [5.74, 6) is 0.890. The number of hydrogen-bond donors (Lipinski definition) is 1. The Bertz CT molecular complexity index is 401. The molecule has 1 spiro atoms. The first-order valence-corrected chi connectivity index (χ1v) is 5.80. The van der Waals surface area contributed by atoms with Crippen molar-refractivity contribution in [3.63, 3.8) is 0 Å². The highest BCUT2D eigenvalue weighted by Crippen LogP contribution is 2.48. The van der Waals surface area contributed by atoms with E-state index in [1.807, 2.05) is 18.2 Å². The molecule has 80 valence electrons. The average molecular weight is 224 g/mol. The molecule has 0 aromatic heterocycles. The van der Waals surface area contributed by atoms with Crippen molar-refractivity contribution in [2.45, 2.75) is 37.3 Å². The average Bonchev–Trinajstić information content (AvgIpc) is 2.14. The van der Waals surface area contributed by atoms with E-state index in [1.54, 1.807) is 0 Å². The molecule has 1 aliphatic carbocycles. The maximum Gasteiger partial charge on any atom is 0.126 e. The highest BCUT2D eigenvalue weighted by atomic mass is 35.5. The molecule has 2 N–H and O–H groups in total. The van der Waals surface area contributed by atoms with Crippen LogP contribution in [0.25, 0.3) is 0 Å². The molecule has 1 atom stereocenters. The zero-order chi connectivity index (χ0) is 10.5. The van der Waals surface area contributed by atoms with Crippen molar-refractivity contribution >= 4 is 11.6 Å². The van der Waals surface area contributed by atoms with E-state index >= 15 is 0 Å². The second-order valence-electron chi connectivity index (χ2n) is 4.63. The van der Waals surface area contributed by atoms with Crippen molar-refractivity contribution in [2.75, 3.05) is 0 Å². The SMILES string of the molecule is NC1CC2(CCC2)Oc2cc(Cl)ccc21. The summed E-state index contributed by atoms with van der Waals surface area (Å²) in [6.45, 7) is 0. The second kappa shape index (κ2) is 3.13. The molecule has 15 heavy (non-hydrogen) atoms. The summed E-state index contributed by atoms with van der Waals surface area (Å²) >= 11 is 5.96. The van der Waals surface area contributed by atoms with Gasteiger partial charge in [0, 0.05) is 23.0 Å². The highest BCUT2D eigenvalue weighted by Gasteiger charge is 2.44. The van der Waals surface area contributed by atoms with Crippen molar-refractivity contribution in [2.24, 2.45) is 5.73 Å². The van der Waals surface area contributed by atoms with E-state index in [2.05, 4.69) is 0 Å². The normalized spacial score (nSPS) is 26.7. The maximum absolute atomic E-state index is 6.16. The van der Waals surface area contributed by atoms with Gasteiger partial charge in [-0.15, -0.1) is 0 Å². The lowest BCUT2D eigenvalue weighted by Crippen LogP contribution is -2.48. The minimum Gasteiger partial charge on any atom is -0.487 e. The molecule has 1 fully saturated rings. The summed E-state index contributed by atoms with van der Waals surface area (Å²) in [5, 5.41) is 0.720. The number of rotatable bonds is 0. The Morgan fingerprint density at radius 2 is 2.20 bits per heavy atom. The van der Waals surface area contributed by atoms with Gasteiger partial charge in [0.05, 0.1) is 0 Å². The van der Waals surface area contributed by atoms with Gasteiger partial charge >= 0.3 is 0 Å². The van der Waals surface area contributed by atoms with Crippen molar-refractivity contribution in [1.82, 2.24) is 0 Å². The van der Waals surface area contributed by atoms with Gasteiger partial charge in [0.2, 0.25) is 0 Å². The van der Waals surface area contributed by atoms with Crippen LogP contribution < -0.4 is 10.5 Å². The van der Waals surface area contributed by atoms with Gasteiger partial charge in [-0.3, -0.25) is 0 Å². The summed E-state index contributed by atoms with van der Waals surface area (Å²) in [4.78, 5) is 0. The monoisotopic (exact) mass is 223 g/mol. The van der Waals surface area contributed by atoms with Crippen LogP contribution >= 0.6 is 11.6 Å². The molecule has 1 saturated carbocycles. The molecule has 1 aliphatic heterocycles. The summed E-state index contributed by atoms with van der Waals surface area (Å²) in [7, 11) is 0. The first kappa shape index (κ1) is 9.49. The molecular weight excluding hydrogens is 210 g/mol. The van der Waals surface area contributed by atoms with Crippen LogP contribution in [0.5, 0.6) is 5.75 Å². The van der Waals surface area contributed by atoms with Crippen molar-refractivity contribution in [3.05, 3.63) is 28.8 Å². The number of ether oxygens (including phenoxy) is 1. The van der Waals surface area contributed by atoms with Gasteiger partial charge in [-0.25, -0.2) is 0 Å². The Balaban J connectivity index is 2.01. The van der Waals surface area contributed by atoms with Gasteiger partial charge in [0.1, 0.15) is 11.4 Å². The van der Waals surface area contributed by atoms with E-state index in [-0.39, 0.29) is 11.6 Å². The molecule has 0 radical (unpaired) electrons. The van der Waals surface area contributed by atoms with Crippen LogP contribution in [-0.2, 0) is 0 Å². The van der Waals surface area contributed by atoms with Gasteiger partial charge in [-0.2, -0.15) is 0 Å². The first-order chi connectivity index (χ1) is 7.19. The Morgan fingerprint density at radius 1 is 1.40 bits per heavy atom. The van der Waals surface area contributed by atoms with E-state index in [1.165, 1.54) is 6.42 Å². The third-order valence-corrected chi connectivity index (χ3v) is 3.79. The number of hydrogen-bond acceptors (Lipinski definition) is 2. The fourth-order valence-electron chi connectivity index (χ4n) is 2.57. The topological polar surface area (TPSA) is 35.2 Å². The standard InChI is InChI=1S/C12H14ClNO/c13-8-2-3-9-10(14)7-12(4-1-5-12)15-11(9)6-8/h2-3,6,10H,1,4-5,7,14H2. The van der Waals surface area contributed by atoms with Gasteiger partial charge < -0.3 is 10.5 Å². The predicted molar refractivity (Wildman–Crippen MR) is 60.2 cm³/mol. The molecule has 1 aromatic rings. The van der Waals surface area contributed by atoms with Crippen LogP contribution in [0.1, 0.15) is 37.3 Å². The Morgan fingerprint density at radius 3 is 2.87 bits per heavy atom. The lowest BCUT2D eigenvalue weighted by Gasteiger charge is -2.47. The molecule has 2 nitrogen and oxygen atoms in total. The number of benzene rings is 1. The van der Waals surface area contributed by atoms with E-state index in [0.29, 0.717) is 0 Å². The predicted octanol–water partition coefficient (Wildman–Crippen LogP) is 3.05. The van der Waals surface area contributed by atoms with Crippen molar-refractivity contribution in [3.8, 4) is 5.75 Å². The molecule has 0 saturated heterocycles. The van der Waals surface area contributed by atoms with Gasteiger partial charge in [0.25, 0.3) is 0 Å². The Labute approximate surface area is 94.4 Å². The summed E-state index contributed by atoms with van der Waals surface area (Å²) in [6.07, 6.45) is 4.46. The molecule has 3 heteroatoms. The lowest BCUT2D eigenvalue weighted by atomic mass is 9.73. The third kappa shape index (κ3) is 1.44. The molecule has 0 amide bonds. The Kier molecular flexibility index (Phi) is 1.98. The van der Waals surface area contributed by atoms with Crippen molar-refractivity contribution in [1.29, 1.82) is 0 Å². The molecule has 1 unspecified atom stereocenters. The van der Waals surface area contributed by atoms with E-state index in [0.717, 1.165) is 35.6 Å². The number of halogens is 1. The van der Waals surface area contributed by atoms with Gasteiger partial charge in [-0.1, -0.05) is 17.7 Å². The maximum atomic E-state index is 6.16. The number of fused-ring (bicyclic) bond motifs is 1. The smallest absolute Gasteiger partial charge is 0.126 e. The zero-order valence-corrected chi connectivity index (χ0v) is 9.26. The van der Waals surface area contributed by atoms with Gasteiger partial charge in [0.15, 0.2) is 0 Å². The molecular formula is C12H14ClNO. The molecule has 2 aliphatic rings. The summed E-state index contributed by atoms with van der Waals surface area (Å²) < 4.78 is 6.04. The van der Waals surface area contributed by atoms with Crippen LogP contribution in [0.2, 0.25) is 5.02 Å².